The molecule has 0 amide bonds. The van der Waals surface area contributed by atoms with Crippen molar-refractivity contribution in [2.24, 2.45) is 0 Å². The number of carbonyl (C=O) groups is 1. The lowest BCUT2D eigenvalue weighted by atomic mass is 10.1. The molecule has 1 atom stereocenters. The Morgan fingerprint density at radius 3 is 2.73 bits per heavy atom. The Morgan fingerprint density at radius 1 is 1.60 bits per heavy atom. The molecule has 0 aliphatic rings. The van der Waals surface area contributed by atoms with Crippen molar-refractivity contribution >= 4 is 11.7 Å². The van der Waals surface area contributed by atoms with Crippen molar-refractivity contribution in [2.75, 3.05) is 7.11 Å². The average Bonchev–Trinajstić information content (AvgIpc) is 2.26. The van der Waals surface area contributed by atoms with Gasteiger partial charge in [0.25, 0.3) is 0 Å². The number of rotatable bonds is 4. The van der Waals surface area contributed by atoms with E-state index in [1.165, 1.54) is 24.6 Å². The predicted octanol–water partition coefficient (Wildman–Crippen LogP) is -0.200. The van der Waals surface area contributed by atoms with Gasteiger partial charge in [-0.25, -0.2) is 4.79 Å². The number of hydrogen-bond donors (Lipinski definition) is 3. The first kappa shape index (κ1) is 11.5. The minimum absolute atomic E-state index is 0.304. The van der Waals surface area contributed by atoms with Crippen LogP contribution in [0.25, 0.3) is 0 Å². The number of carboxylic acids is 1. The zero-order chi connectivity index (χ0) is 11.4. The van der Waals surface area contributed by atoms with Gasteiger partial charge in [0.2, 0.25) is 0 Å². The van der Waals surface area contributed by atoms with Crippen LogP contribution in [0.2, 0.25) is 0 Å². The Balaban J connectivity index is 3.07. The number of aliphatic hydroxyl groups is 1. The van der Waals surface area contributed by atoms with Gasteiger partial charge in [-0.3, -0.25) is 0 Å². The molecule has 0 radical (unpaired) electrons. The summed E-state index contributed by atoms with van der Waals surface area (Å²) in [5.74, 6) is -0.693. The van der Waals surface area contributed by atoms with Crippen LogP contribution in [0.5, 0.6) is 5.75 Å². The van der Waals surface area contributed by atoms with Gasteiger partial charge in [-0.2, -0.15) is 0 Å². The van der Waals surface area contributed by atoms with E-state index in [0.717, 1.165) is 0 Å². The first-order chi connectivity index (χ1) is 7.10. The third kappa shape index (κ3) is 2.45. The predicted molar refractivity (Wildman–Crippen MR) is 52.5 cm³/mol. The largest absolute Gasteiger partial charge is 0.491 e. The lowest BCUT2D eigenvalue weighted by molar-refractivity contribution is -0.505. The zero-order valence-electron chi connectivity index (χ0n) is 8.30. The molecule has 1 unspecified atom stereocenters. The van der Waals surface area contributed by atoms with Crippen LogP contribution in [0.3, 0.4) is 0 Å². The number of aliphatic hydroxyl groups excluding tert-OH is 1. The van der Waals surface area contributed by atoms with Crippen molar-refractivity contribution in [3.63, 3.8) is 0 Å². The number of ether oxygens (including phenoxy) is 1. The molecule has 0 aliphatic carbocycles. The number of quaternary nitrogens is 1. The van der Waals surface area contributed by atoms with E-state index in [0.29, 0.717) is 17.0 Å². The number of carboxylic acid groups (broad SMARTS) is 1. The SMILES string of the molecule is [CH2-][NH2+]c1cc(C(O)C(=O)O)ccc1OC. The van der Waals surface area contributed by atoms with Crippen molar-refractivity contribution in [3.8, 4) is 5.75 Å². The summed E-state index contributed by atoms with van der Waals surface area (Å²) >= 11 is 0. The fraction of sp³-hybridized carbons (Fsp3) is 0.200. The molecule has 1 aromatic carbocycles. The molecule has 0 aliphatic heterocycles. The third-order valence-electron chi connectivity index (χ3n) is 2.02. The van der Waals surface area contributed by atoms with E-state index < -0.39 is 12.1 Å². The van der Waals surface area contributed by atoms with Crippen LogP contribution in [-0.2, 0) is 4.79 Å². The minimum atomic E-state index is -1.52. The number of aliphatic carboxylic acids is 1. The fourth-order valence-electron chi connectivity index (χ4n) is 1.23. The van der Waals surface area contributed by atoms with E-state index in [9.17, 15) is 9.90 Å². The number of nitrogens with two attached hydrogens (primary N) is 1. The maximum absolute atomic E-state index is 10.5. The van der Waals surface area contributed by atoms with Crippen LogP contribution in [0.4, 0.5) is 5.69 Å². The van der Waals surface area contributed by atoms with E-state index in [4.69, 9.17) is 9.84 Å². The minimum Gasteiger partial charge on any atom is -0.491 e. The molecule has 0 saturated carbocycles. The van der Waals surface area contributed by atoms with Gasteiger partial charge in [-0.15, -0.1) is 7.05 Å². The summed E-state index contributed by atoms with van der Waals surface area (Å²) < 4.78 is 5.03. The molecule has 0 saturated heterocycles. The van der Waals surface area contributed by atoms with E-state index in [1.807, 2.05) is 0 Å². The highest BCUT2D eigenvalue weighted by Gasteiger charge is 2.17. The standard InChI is InChI=1S/C10H13NO4/c1-11-7-5-6(9(12)10(13)14)3-4-8(7)15-2/h3-5,9,12H,1,11H2,2H3,(H,13,14). The maximum Gasteiger partial charge on any atom is 0.337 e. The summed E-state index contributed by atoms with van der Waals surface area (Å²) in [6.07, 6.45) is -1.52. The van der Waals surface area contributed by atoms with Crippen LogP contribution < -0.4 is 10.1 Å². The Morgan fingerprint density at radius 2 is 2.27 bits per heavy atom. The highest BCUT2D eigenvalue weighted by atomic mass is 16.5. The molecule has 0 heterocycles. The molecule has 1 rings (SSSR count). The summed E-state index contributed by atoms with van der Waals surface area (Å²) in [7, 11) is 5.09. The molecule has 0 bridgehead atoms. The van der Waals surface area contributed by atoms with Crippen molar-refractivity contribution in [1.82, 2.24) is 0 Å². The van der Waals surface area contributed by atoms with Crippen molar-refractivity contribution in [3.05, 3.63) is 30.8 Å². The molecule has 1 aromatic rings. The van der Waals surface area contributed by atoms with Crippen molar-refractivity contribution in [2.45, 2.75) is 6.10 Å². The summed E-state index contributed by atoms with van der Waals surface area (Å²) in [6, 6.07) is 4.63. The smallest absolute Gasteiger partial charge is 0.337 e. The van der Waals surface area contributed by atoms with Crippen molar-refractivity contribution in [1.29, 1.82) is 0 Å². The Kier molecular flexibility index (Phi) is 3.65. The second-order valence-electron chi connectivity index (χ2n) is 2.95. The number of methoxy groups -OCH3 is 1. The van der Waals surface area contributed by atoms with Gasteiger partial charge in [0, 0.05) is 6.07 Å². The summed E-state index contributed by atoms with van der Waals surface area (Å²) in [4.78, 5) is 10.5. The summed E-state index contributed by atoms with van der Waals surface area (Å²) in [5, 5.41) is 19.5. The van der Waals surface area contributed by atoms with Crippen molar-refractivity contribution < 1.29 is 25.1 Å². The van der Waals surface area contributed by atoms with Crippen LogP contribution in [0.15, 0.2) is 18.2 Å². The van der Waals surface area contributed by atoms with E-state index in [1.54, 1.807) is 6.07 Å². The zero-order valence-corrected chi connectivity index (χ0v) is 8.30. The Hall–Kier alpha value is -1.59. The van der Waals surface area contributed by atoms with Gasteiger partial charge in [0.15, 0.2) is 11.9 Å². The number of hydrogen-bond acceptors (Lipinski definition) is 3. The fourth-order valence-corrected chi connectivity index (χ4v) is 1.23. The Labute approximate surface area is 87.3 Å². The molecule has 5 heteroatoms. The van der Waals surface area contributed by atoms with Gasteiger partial charge in [0.05, 0.1) is 7.11 Å². The topological polar surface area (TPSA) is 83.4 Å². The quantitative estimate of drug-likeness (QED) is 0.475. The lowest BCUT2D eigenvalue weighted by Gasteiger charge is -2.10. The van der Waals surface area contributed by atoms with Gasteiger partial charge < -0.3 is 20.3 Å². The lowest BCUT2D eigenvalue weighted by Crippen LogP contribution is -2.69. The Bertz CT molecular complexity index is 364. The van der Waals surface area contributed by atoms with Gasteiger partial charge in [-0.1, -0.05) is 6.07 Å². The van der Waals surface area contributed by atoms with Crippen LogP contribution in [0.1, 0.15) is 11.7 Å². The second-order valence-corrected chi connectivity index (χ2v) is 2.95. The van der Waals surface area contributed by atoms with E-state index in [-0.39, 0.29) is 0 Å². The number of benzene rings is 1. The molecular formula is C10H13NO4. The molecule has 4 N–H and O–H groups in total. The maximum atomic E-state index is 10.5. The normalized spacial score (nSPS) is 12.2. The van der Waals surface area contributed by atoms with Gasteiger partial charge in [0.1, 0.15) is 5.69 Å². The first-order valence-electron chi connectivity index (χ1n) is 4.31. The van der Waals surface area contributed by atoms with E-state index >= 15 is 0 Å². The van der Waals surface area contributed by atoms with Gasteiger partial charge >= 0.3 is 5.97 Å². The third-order valence-corrected chi connectivity index (χ3v) is 2.02. The highest BCUT2D eigenvalue weighted by molar-refractivity contribution is 5.74. The molecule has 82 valence electrons. The highest BCUT2D eigenvalue weighted by Crippen LogP contribution is 2.24. The molecular weight excluding hydrogens is 198 g/mol. The first-order valence-corrected chi connectivity index (χ1v) is 4.31. The van der Waals surface area contributed by atoms with Gasteiger partial charge in [-0.05, 0) is 11.6 Å². The summed E-state index contributed by atoms with van der Waals surface area (Å²) in [5.41, 5.74) is 0.952. The monoisotopic (exact) mass is 211 g/mol. The van der Waals surface area contributed by atoms with Crippen LogP contribution in [0, 0.1) is 7.05 Å². The molecule has 0 fully saturated rings. The molecule has 15 heavy (non-hydrogen) atoms. The molecule has 0 spiro atoms. The summed E-state index contributed by atoms with van der Waals surface area (Å²) in [6.45, 7) is 0. The van der Waals surface area contributed by atoms with E-state index in [2.05, 4.69) is 7.05 Å². The molecule has 5 nitrogen and oxygen atoms in total. The average molecular weight is 211 g/mol. The van der Waals surface area contributed by atoms with Crippen LogP contribution >= 0.6 is 0 Å². The molecule has 0 aromatic heterocycles. The second kappa shape index (κ2) is 4.77. The van der Waals surface area contributed by atoms with Crippen LogP contribution in [-0.4, -0.2) is 23.3 Å².